The number of nitrogens with zero attached hydrogens (tertiary/aromatic N) is 1. The first-order chi connectivity index (χ1) is 8.22. The van der Waals surface area contributed by atoms with Gasteiger partial charge in [-0.3, -0.25) is 0 Å². The molecule has 0 amide bonds. The fraction of sp³-hybridized carbons (Fsp3) is 1.00. The summed E-state index contributed by atoms with van der Waals surface area (Å²) >= 11 is 0. The molecule has 2 rings (SSSR count). The Bertz CT molecular complexity index is 221. The van der Waals surface area contributed by atoms with Crippen LogP contribution in [-0.4, -0.2) is 37.7 Å². The predicted molar refractivity (Wildman–Crippen MR) is 72.1 cm³/mol. The standard InChI is InChI=1S/C15H29NO/c1-12(2)14-5-4-6-15(14)16-9-7-13(8-10-16)11-17-3/h12-15H,4-11H2,1-3H3/t14-,15+/m1/s1. The summed E-state index contributed by atoms with van der Waals surface area (Å²) in [5.74, 6) is 2.63. The van der Waals surface area contributed by atoms with Crippen molar-refractivity contribution in [2.24, 2.45) is 17.8 Å². The van der Waals surface area contributed by atoms with Gasteiger partial charge in [-0.25, -0.2) is 0 Å². The van der Waals surface area contributed by atoms with Crippen LogP contribution in [0, 0.1) is 17.8 Å². The van der Waals surface area contributed by atoms with Gasteiger partial charge in [0.25, 0.3) is 0 Å². The van der Waals surface area contributed by atoms with Crippen LogP contribution in [0.25, 0.3) is 0 Å². The Balaban J connectivity index is 1.83. The lowest BCUT2D eigenvalue weighted by atomic mass is 9.88. The summed E-state index contributed by atoms with van der Waals surface area (Å²) < 4.78 is 5.28. The van der Waals surface area contributed by atoms with Gasteiger partial charge < -0.3 is 9.64 Å². The summed E-state index contributed by atoms with van der Waals surface area (Å²) in [5.41, 5.74) is 0. The molecule has 1 saturated heterocycles. The van der Waals surface area contributed by atoms with Crippen molar-refractivity contribution >= 4 is 0 Å². The van der Waals surface area contributed by atoms with Crippen LogP contribution in [0.2, 0.25) is 0 Å². The zero-order valence-electron chi connectivity index (χ0n) is 11.8. The van der Waals surface area contributed by atoms with E-state index in [9.17, 15) is 0 Å². The Labute approximate surface area is 107 Å². The molecule has 0 bridgehead atoms. The van der Waals surface area contributed by atoms with Crippen LogP contribution in [0.15, 0.2) is 0 Å². The molecule has 100 valence electrons. The second kappa shape index (κ2) is 6.19. The lowest BCUT2D eigenvalue weighted by Gasteiger charge is -2.39. The number of likely N-dealkylation sites (tertiary alicyclic amines) is 1. The van der Waals surface area contributed by atoms with Crippen molar-refractivity contribution in [3.63, 3.8) is 0 Å². The lowest BCUT2D eigenvalue weighted by molar-refractivity contribution is 0.0613. The monoisotopic (exact) mass is 239 g/mol. The van der Waals surface area contributed by atoms with Gasteiger partial charge >= 0.3 is 0 Å². The molecule has 0 spiro atoms. The maximum atomic E-state index is 5.28. The van der Waals surface area contributed by atoms with Crippen molar-refractivity contribution in [2.45, 2.75) is 52.0 Å². The lowest BCUT2D eigenvalue weighted by Crippen LogP contribution is -2.44. The zero-order valence-corrected chi connectivity index (χ0v) is 11.8. The summed E-state index contributed by atoms with van der Waals surface area (Å²) in [6.45, 7) is 8.39. The van der Waals surface area contributed by atoms with Crippen LogP contribution >= 0.6 is 0 Å². The molecule has 1 aliphatic heterocycles. The van der Waals surface area contributed by atoms with Crippen molar-refractivity contribution in [1.29, 1.82) is 0 Å². The normalized spacial score (nSPS) is 32.5. The van der Waals surface area contributed by atoms with Crippen LogP contribution in [0.5, 0.6) is 0 Å². The third-order valence-corrected chi connectivity index (χ3v) is 4.91. The molecular weight excluding hydrogens is 210 g/mol. The molecule has 2 aliphatic rings. The van der Waals surface area contributed by atoms with Gasteiger partial charge in [-0.1, -0.05) is 20.3 Å². The van der Waals surface area contributed by atoms with Gasteiger partial charge in [0, 0.05) is 19.8 Å². The summed E-state index contributed by atoms with van der Waals surface area (Å²) in [6, 6.07) is 0.887. The third kappa shape index (κ3) is 3.23. The van der Waals surface area contributed by atoms with Crippen molar-refractivity contribution in [3.05, 3.63) is 0 Å². The van der Waals surface area contributed by atoms with E-state index in [1.807, 2.05) is 7.11 Å². The largest absolute Gasteiger partial charge is 0.384 e. The molecule has 0 unspecified atom stereocenters. The Morgan fingerprint density at radius 3 is 2.41 bits per heavy atom. The van der Waals surface area contributed by atoms with Crippen LogP contribution in [0.1, 0.15) is 46.0 Å². The van der Waals surface area contributed by atoms with Gasteiger partial charge in [-0.15, -0.1) is 0 Å². The van der Waals surface area contributed by atoms with E-state index in [1.54, 1.807) is 0 Å². The maximum Gasteiger partial charge on any atom is 0.0491 e. The van der Waals surface area contributed by atoms with Gasteiger partial charge in [0.1, 0.15) is 0 Å². The summed E-state index contributed by atoms with van der Waals surface area (Å²) in [5, 5.41) is 0. The molecule has 0 aromatic heterocycles. The highest BCUT2D eigenvalue weighted by molar-refractivity contribution is 4.89. The van der Waals surface area contributed by atoms with Crippen molar-refractivity contribution in [2.75, 3.05) is 26.8 Å². The minimum Gasteiger partial charge on any atom is -0.384 e. The van der Waals surface area contributed by atoms with E-state index in [-0.39, 0.29) is 0 Å². The van der Waals surface area contributed by atoms with Crippen LogP contribution in [0.3, 0.4) is 0 Å². The SMILES string of the molecule is COCC1CCN([C@H]2CCC[C@@H]2C(C)C)CC1. The highest BCUT2D eigenvalue weighted by Crippen LogP contribution is 2.36. The number of piperidine rings is 1. The quantitative estimate of drug-likeness (QED) is 0.747. The average Bonchev–Trinajstić information content (AvgIpc) is 2.79. The molecular formula is C15H29NO. The second-order valence-corrected chi connectivity index (χ2v) is 6.34. The Kier molecular flexibility index (Phi) is 4.87. The van der Waals surface area contributed by atoms with E-state index < -0.39 is 0 Å². The van der Waals surface area contributed by atoms with Gasteiger partial charge in [-0.2, -0.15) is 0 Å². The summed E-state index contributed by atoms with van der Waals surface area (Å²) in [4.78, 5) is 2.78. The Morgan fingerprint density at radius 1 is 1.12 bits per heavy atom. The fourth-order valence-electron chi connectivity index (χ4n) is 3.89. The molecule has 2 atom stereocenters. The maximum absolute atomic E-state index is 5.28. The van der Waals surface area contributed by atoms with Gasteiger partial charge in [-0.05, 0) is 56.5 Å². The second-order valence-electron chi connectivity index (χ2n) is 6.34. The molecule has 2 heteroatoms. The first kappa shape index (κ1) is 13.4. The number of hydrogen-bond acceptors (Lipinski definition) is 2. The van der Waals surface area contributed by atoms with E-state index >= 15 is 0 Å². The van der Waals surface area contributed by atoms with Gasteiger partial charge in [0.2, 0.25) is 0 Å². The minimum atomic E-state index is 0.815. The highest BCUT2D eigenvalue weighted by atomic mass is 16.5. The smallest absolute Gasteiger partial charge is 0.0491 e. The van der Waals surface area contributed by atoms with Gasteiger partial charge in [0.15, 0.2) is 0 Å². The number of hydrogen-bond donors (Lipinski definition) is 0. The molecule has 0 aromatic rings. The molecule has 1 saturated carbocycles. The van der Waals surface area contributed by atoms with E-state index in [4.69, 9.17) is 4.74 Å². The molecule has 2 nitrogen and oxygen atoms in total. The summed E-state index contributed by atoms with van der Waals surface area (Å²) in [6.07, 6.45) is 7.04. The Morgan fingerprint density at radius 2 is 1.82 bits per heavy atom. The first-order valence-corrected chi connectivity index (χ1v) is 7.45. The molecule has 17 heavy (non-hydrogen) atoms. The van der Waals surface area contributed by atoms with Crippen LogP contribution < -0.4 is 0 Å². The number of ether oxygens (including phenoxy) is 1. The Hall–Kier alpha value is -0.0800. The molecule has 2 fully saturated rings. The topological polar surface area (TPSA) is 12.5 Å². The van der Waals surface area contributed by atoms with Gasteiger partial charge in [0.05, 0.1) is 0 Å². The number of rotatable bonds is 4. The molecule has 0 N–H and O–H groups in total. The molecule has 0 radical (unpaired) electrons. The number of methoxy groups -OCH3 is 1. The zero-order chi connectivity index (χ0) is 12.3. The molecule has 1 heterocycles. The molecule has 1 aliphatic carbocycles. The third-order valence-electron chi connectivity index (χ3n) is 4.91. The van der Waals surface area contributed by atoms with Crippen molar-refractivity contribution < 1.29 is 4.74 Å². The van der Waals surface area contributed by atoms with E-state index in [1.165, 1.54) is 45.2 Å². The fourth-order valence-corrected chi connectivity index (χ4v) is 3.89. The van der Waals surface area contributed by atoms with Crippen molar-refractivity contribution in [1.82, 2.24) is 4.90 Å². The summed E-state index contributed by atoms with van der Waals surface area (Å²) in [7, 11) is 1.83. The van der Waals surface area contributed by atoms with Crippen molar-refractivity contribution in [3.8, 4) is 0 Å². The van der Waals surface area contributed by atoms with Crippen LogP contribution in [0.4, 0.5) is 0 Å². The average molecular weight is 239 g/mol. The predicted octanol–water partition coefficient (Wildman–Crippen LogP) is 3.17. The van der Waals surface area contributed by atoms with E-state index in [0.29, 0.717) is 0 Å². The highest BCUT2D eigenvalue weighted by Gasteiger charge is 2.35. The first-order valence-electron chi connectivity index (χ1n) is 7.45. The minimum absolute atomic E-state index is 0.815. The van der Waals surface area contributed by atoms with E-state index in [0.717, 1.165) is 30.4 Å². The van der Waals surface area contributed by atoms with Crippen LogP contribution in [-0.2, 0) is 4.74 Å². The molecule has 0 aromatic carbocycles. The van der Waals surface area contributed by atoms with E-state index in [2.05, 4.69) is 18.7 Å².